The predicted molar refractivity (Wildman–Crippen MR) is 105 cm³/mol. The van der Waals surface area contributed by atoms with Gasteiger partial charge in [0.2, 0.25) is 0 Å². The van der Waals surface area contributed by atoms with Gasteiger partial charge < -0.3 is 9.45 Å². The lowest BCUT2D eigenvalue weighted by molar-refractivity contribution is -0.127. The van der Waals surface area contributed by atoms with Crippen molar-refractivity contribution in [2.24, 2.45) is 17.8 Å². The Morgan fingerprint density at radius 3 is 2.52 bits per heavy atom. The van der Waals surface area contributed by atoms with Crippen LogP contribution in [-0.4, -0.2) is 52.3 Å². The van der Waals surface area contributed by atoms with Crippen molar-refractivity contribution in [3.63, 3.8) is 0 Å². The highest BCUT2D eigenvalue weighted by molar-refractivity contribution is 7.79. The molecule has 1 N–H and O–H groups in total. The molecule has 2 aliphatic rings. The number of anilines is 1. The number of hydrogen-bond acceptors (Lipinski definition) is 3. The summed E-state index contributed by atoms with van der Waals surface area (Å²) in [6.07, 6.45) is 2.50. The molecule has 0 aliphatic carbocycles. The van der Waals surface area contributed by atoms with Crippen LogP contribution in [0.5, 0.6) is 0 Å². The molecule has 27 heavy (non-hydrogen) atoms. The Morgan fingerprint density at radius 2 is 1.93 bits per heavy atom. The number of likely N-dealkylation sites (tertiary alicyclic amines) is 1. The summed E-state index contributed by atoms with van der Waals surface area (Å²) in [5, 5.41) is 0. The molecule has 7 heteroatoms. The van der Waals surface area contributed by atoms with Crippen LogP contribution in [0.3, 0.4) is 0 Å². The van der Waals surface area contributed by atoms with Crippen molar-refractivity contribution in [1.29, 1.82) is 0 Å². The maximum Gasteiger partial charge on any atom is 0.263 e. The molecule has 2 saturated heterocycles. The second-order valence-corrected chi connectivity index (χ2v) is 9.28. The number of hydrogen-bond donors (Lipinski definition) is 1. The highest BCUT2D eigenvalue weighted by atomic mass is 32.2. The Bertz CT molecular complexity index is 663. The van der Waals surface area contributed by atoms with Gasteiger partial charge in [-0.15, -0.1) is 0 Å². The summed E-state index contributed by atoms with van der Waals surface area (Å²) >= 11 is -1.97. The average Bonchev–Trinajstić information content (AvgIpc) is 2.61. The first kappa shape index (κ1) is 20.7. The van der Waals surface area contributed by atoms with Crippen LogP contribution in [0.2, 0.25) is 0 Å². The highest BCUT2D eigenvalue weighted by Gasteiger charge is 2.45. The van der Waals surface area contributed by atoms with Crippen molar-refractivity contribution in [3.8, 4) is 0 Å². The van der Waals surface area contributed by atoms with E-state index in [0.717, 1.165) is 44.7 Å². The van der Waals surface area contributed by atoms with Gasteiger partial charge in [0.25, 0.3) is 5.92 Å². The molecule has 2 atom stereocenters. The first-order chi connectivity index (χ1) is 12.8. The second-order valence-electron chi connectivity index (χ2n) is 8.31. The van der Waals surface area contributed by atoms with E-state index >= 15 is 0 Å². The summed E-state index contributed by atoms with van der Waals surface area (Å²) in [7, 11) is 0. The average molecular weight is 401 g/mol. The molecule has 0 aromatic heterocycles. The maximum atomic E-state index is 14.4. The molecule has 2 fully saturated rings. The molecule has 1 aromatic carbocycles. The van der Waals surface area contributed by atoms with Crippen LogP contribution < -0.4 is 4.90 Å². The van der Waals surface area contributed by atoms with Gasteiger partial charge in [0, 0.05) is 31.2 Å². The zero-order valence-corrected chi connectivity index (χ0v) is 16.9. The number of piperidine rings is 2. The van der Waals surface area contributed by atoms with E-state index in [1.807, 2.05) is 24.8 Å². The zero-order valence-electron chi connectivity index (χ0n) is 16.1. The van der Waals surface area contributed by atoms with E-state index in [0.29, 0.717) is 17.2 Å². The third-order valence-corrected chi connectivity index (χ3v) is 6.71. The van der Waals surface area contributed by atoms with Gasteiger partial charge in [-0.25, -0.2) is 13.0 Å². The molecule has 0 saturated carbocycles. The molecule has 0 spiro atoms. The lowest BCUT2D eigenvalue weighted by Gasteiger charge is -2.42. The SMILES string of the molecule is CC(C)C1CCN(CC2CCN(c3cccc(S(=O)O)c3)CC2)CC1(F)F. The summed E-state index contributed by atoms with van der Waals surface area (Å²) in [5.74, 6) is -2.63. The Labute approximate surface area is 163 Å². The molecule has 2 aliphatic heterocycles. The largest absolute Gasteiger partial charge is 0.371 e. The van der Waals surface area contributed by atoms with Crippen molar-refractivity contribution >= 4 is 16.8 Å². The minimum atomic E-state index is -2.59. The van der Waals surface area contributed by atoms with Crippen molar-refractivity contribution in [1.82, 2.24) is 4.90 Å². The number of alkyl halides is 2. The normalized spacial score (nSPS) is 25.7. The van der Waals surface area contributed by atoms with E-state index in [2.05, 4.69) is 4.90 Å². The molecular formula is C20H30F2N2O2S. The van der Waals surface area contributed by atoms with Crippen molar-refractivity contribution in [2.75, 3.05) is 37.6 Å². The maximum absolute atomic E-state index is 14.4. The third-order valence-electron chi connectivity index (χ3n) is 6.05. The molecule has 0 bridgehead atoms. The molecule has 1 aromatic rings. The van der Waals surface area contributed by atoms with Crippen molar-refractivity contribution in [2.45, 2.75) is 43.9 Å². The van der Waals surface area contributed by atoms with Crippen LogP contribution in [0.4, 0.5) is 14.5 Å². The van der Waals surface area contributed by atoms with Gasteiger partial charge in [-0.3, -0.25) is 4.90 Å². The molecule has 152 valence electrons. The van der Waals surface area contributed by atoms with E-state index in [9.17, 15) is 17.5 Å². The van der Waals surface area contributed by atoms with E-state index in [-0.39, 0.29) is 12.5 Å². The molecule has 3 rings (SSSR count). The Balaban J connectivity index is 1.52. The first-order valence-corrected chi connectivity index (χ1v) is 10.9. The number of rotatable bonds is 5. The standard InChI is InChI=1S/C20H30F2N2O2S/c1-15(2)19-8-9-23(14-20(19,21)22)13-16-6-10-24(11-7-16)17-4-3-5-18(12-17)27(25)26/h3-5,12,15-16,19H,6-11,13-14H2,1-2H3,(H,25,26). The number of nitrogens with zero attached hydrogens (tertiary/aromatic N) is 2. The second kappa shape index (κ2) is 8.53. The lowest BCUT2D eigenvalue weighted by atomic mass is 9.83. The van der Waals surface area contributed by atoms with Gasteiger partial charge in [-0.1, -0.05) is 19.9 Å². The van der Waals surface area contributed by atoms with Gasteiger partial charge in [-0.2, -0.15) is 0 Å². The lowest BCUT2D eigenvalue weighted by Crippen LogP contribution is -2.51. The number of benzene rings is 1. The Hall–Kier alpha value is -1.05. The summed E-state index contributed by atoms with van der Waals surface area (Å²) in [5.41, 5.74) is 0.956. The van der Waals surface area contributed by atoms with Gasteiger partial charge in [0.15, 0.2) is 11.1 Å². The van der Waals surface area contributed by atoms with Crippen LogP contribution in [-0.2, 0) is 11.1 Å². The summed E-state index contributed by atoms with van der Waals surface area (Å²) in [6.45, 7) is 6.89. The van der Waals surface area contributed by atoms with Gasteiger partial charge in [-0.05, 0) is 55.8 Å². The molecule has 2 heterocycles. The summed E-state index contributed by atoms with van der Waals surface area (Å²) in [4.78, 5) is 4.58. The van der Waals surface area contributed by atoms with Crippen LogP contribution in [0.25, 0.3) is 0 Å². The Kier molecular flexibility index (Phi) is 6.54. The minimum absolute atomic E-state index is 0.0226. The molecule has 2 unspecified atom stereocenters. The molecule has 0 radical (unpaired) electrons. The molecule has 4 nitrogen and oxygen atoms in total. The quantitative estimate of drug-likeness (QED) is 0.756. The van der Waals surface area contributed by atoms with Gasteiger partial charge in [0.05, 0.1) is 11.4 Å². The monoisotopic (exact) mass is 400 g/mol. The third kappa shape index (κ3) is 5.06. The van der Waals surface area contributed by atoms with Crippen LogP contribution in [0.15, 0.2) is 29.2 Å². The van der Waals surface area contributed by atoms with Crippen molar-refractivity contribution in [3.05, 3.63) is 24.3 Å². The summed E-state index contributed by atoms with van der Waals surface area (Å²) < 4.78 is 49.3. The fourth-order valence-corrected chi connectivity index (χ4v) is 4.95. The van der Waals surface area contributed by atoms with E-state index in [4.69, 9.17) is 0 Å². The summed E-state index contributed by atoms with van der Waals surface area (Å²) in [6, 6.07) is 7.15. The molecule has 0 amide bonds. The van der Waals surface area contributed by atoms with Crippen LogP contribution in [0.1, 0.15) is 33.1 Å². The predicted octanol–water partition coefficient (Wildman–Crippen LogP) is 4.10. The topological polar surface area (TPSA) is 43.8 Å². The highest BCUT2D eigenvalue weighted by Crippen LogP contribution is 2.38. The zero-order chi connectivity index (χ0) is 19.6. The van der Waals surface area contributed by atoms with Gasteiger partial charge >= 0.3 is 0 Å². The Morgan fingerprint density at radius 1 is 1.22 bits per heavy atom. The van der Waals surface area contributed by atoms with Gasteiger partial charge in [0.1, 0.15) is 0 Å². The fraction of sp³-hybridized carbons (Fsp3) is 0.700. The van der Waals surface area contributed by atoms with Crippen molar-refractivity contribution < 1.29 is 17.5 Å². The van der Waals surface area contributed by atoms with Crippen LogP contribution >= 0.6 is 0 Å². The van der Waals surface area contributed by atoms with Crippen LogP contribution in [0, 0.1) is 17.8 Å². The van der Waals surface area contributed by atoms with E-state index in [1.165, 1.54) is 0 Å². The van der Waals surface area contributed by atoms with E-state index < -0.39 is 22.9 Å². The first-order valence-electron chi connectivity index (χ1n) is 9.82. The number of halogens is 2. The van der Waals surface area contributed by atoms with E-state index in [1.54, 1.807) is 18.2 Å². The molecular weight excluding hydrogens is 370 g/mol. The minimum Gasteiger partial charge on any atom is -0.371 e. The fourth-order valence-electron chi connectivity index (χ4n) is 4.53. The smallest absolute Gasteiger partial charge is 0.263 e.